The van der Waals surface area contributed by atoms with Crippen molar-refractivity contribution in [2.24, 2.45) is 11.3 Å². The standard InChI is InChI=1S/C18H24N2O4.ClH/c1-2-23-16(21)18-8-9-20(11-15(18)10-19-13-18)17(22)24-12-14-6-4-3-5-7-14;/h3-7,15,19H,2,8-13H2,1H3;1H/t15-,18+;/m0./s1. The van der Waals surface area contributed by atoms with Gasteiger partial charge in [-0.15, -0.1) is 12.4 Å². The summed E-state index contributed by atoms with van der Waals surface area (Å²) in [7, 11) is 0. The van der Waals surface area contributed by atoms with Crippen molar-refractivity contribution >= 4 is 24.5 Å². The Labute approximate surface area is 154 Å². The molecule has 6 nitrogen and oxygen atoms in total. The summed E-state index contributed by atoms with van der Waals surface area (Å²) in [6.45, 7) is 4.87. The first kappa shape index (κ1) is 19.5. The molecule has 2 saturated heterocycles. The van der Waals surface area contributed by atoms with Crippen LogP contribution in [-0.2, 0) is 20.9 Å². The molecule has 2 aliphatic rings. The first-order valence-electron chi connectivity index (χ1n) is 8.49. The van der Waals surface area contributed by atoms with Crippen LogP contribution >= 0.6 is 12.4 Å². The smallest absolute Gasteiger partial charge is 0.410 e. The average molecular weight is 369 g/mol. The Morgan fingerprint density at radius 1 is 1.28 bits per heavy atom. The molecule has 1 aromatic rings. The van der Waals surface area contributed by atoms with E-state index in [-0.39, 0.29) is 37.0 Å². The summed E-state index contributed by atoms with van der Waals surface area (Å²) < 4.78 is 10.7. The molecule has 2 heterocycles. The van der Waals surface area contributed by atoms with Crippen molar-refractivity contribution in [3.63, 3.8) is 0 Å². The highest BCUT2D eigenvalue weighted by atomic mass is 35.5. The summed E-state index contributed by atoms with van der Waals surface area (Å²) in [6, 6.07) is 9.62. The summed E-state index contributed by atoms with van der Waals surface area (Å²) in [5, 5.41) is 3.28. The lowest BCUT2D eigenvalue weighted by Crippen LogP contribution is -2.53. The molecule has 0 aliphatic carbocycles. The highest BCUT2D eigenvalue weighted by molar-refractivity contribution is 5.85. The molecule has 1 amide bonds. The summed E-state index contributed by atoms with van der Waals surface area (Å²) in [5.74, 6) is -0.0631. The van der Waals surface area contributed by atoms with Crippen LogP contribution in [0, 0.1) is 11.3 Å². The van der Waals surface area contributed by atoms with E-state index < -0.39 is 5.41 Å². The van der Waals surface area contributed by atoms with Crippen molar-refractivity contribution in [1.29, 1.82) is 0 Å². The monoisotopic (exact) mass is 368 g/mol. The van der Waals surface area contributed by atoms with Gasteiger partial charge in [0, 0.05) is 32.1 Å². The van der Waals surface area contributed by atoms with Crippen molar-refractivity contribution in [2.45, 2.75) is 20.0 Å². The maximum Gasteiger partial charge on any atom is 0.410 e. The van der Waals surface area contributed by atoms with E-state index in [9.17, 15) is 9.59 Å². The number of carbonyl (C=O) groups is 2. The van der Waals surface area contributed by atoms with E-state index in [0.29, 0.717) is 32.7 Å². The van der Waals surface area contributed by atoms with Crippen molar-refractivity contribution in [2.75, 3.05) is 32.8 Å². The van der Waals surface area contributed by atoms with Gasteiger partial charge in [-0.1, -0.05) is 30.3 Å². The van der Waals surface area contributed by atoms with E-state index in [4.69, 9.17) is 9.47 Å². The van der Waals surface area contributed by atoms with Crippen molar-refractivity contribution in [3.05, 3.63) is 35.9 Å². The van der Waals surface area contributed by atoms with Crippen LogP contribution in [0.2, 0.25) is 0 Å². The number of halogens is 1. The molecule has 0 radical (unpaired) electrons. The van der Waals surface area contributed by atoms with Gasteiger partial charge in [0.05, 0.1) is 12.0 Å². The number of hydrogen-bond acceptors (Lipinski definition) is 5. The van der Waals surface area contributed by atoms with Crippen molar-refractivity contribution in [1.82, 2.24) is 10.2 Å². The lowest BCUT2D eigenvalue weighted by Gasteiger charge is -2.41. The van der Waals surface area contributed by atoms with Crippen LogP contribution in [-0.4, -0.2) is 49.7 Å². The number of piperidine rings is 1. The van der Waals surface area contributed by atoms with E-state index in [1.807, 2.05) is 37.3 Å². The third-order valence-corrected chi connectivity index (χ3v) is 5.03. The summed E-state index contributed by atoms with van der Waals surface area (Å²) >= 11 is 0. The number of amides is 1. The van der Waals surface area contributed by atoms with Crippen LogP contribution in [0.25, 0.3) is 0 Å². The Kier molecular flexibility index (Phi) is 6.67. The third-order valence-electron chi connectivity index (χ3n) is 5.03. The predicted octanol–water partition coefficient (Wildman–Crippen LogP) is 2.22. The number of rotatable bonds is 4. The number of esters is 1. The number of hydrogen-bond donors (Lipinski definition) is 1. The highest BCUT2D eigenvalue weighted by Gasteiger charge is 2.53. The Balaban J connectivity index is 0.00000225. The Morgan fingerprint density at radius 2 is 2.04 bits per heavy atom. The van der Waals surface area contributed by atoms with E-state index in [0.717, 1.165) is 12.1 Å². The van der Waals surface area contributed by atoms with Crippen LogP contribution in [0.15, 0.2) is 30.3 Å². The van der Waals surface area contributed by atoms with Crippen LogP contribution in [0.1, 0.15) is 18.9 Å². The minimum absolute atomic E-state index is 0. The predicted molar refractivity (Wildman–Crippen MR) is 95.5 cm³/mol. The molecular weight excluding hydrogens is 344 g/mol. The normalized spacial score (nSPS) is 24.8. The van der Waals surface area contributed by atoms with Gasteiger partial charge in [0.15, 0.2) is 0 Å². The van der Waals surface area contributed by atoms with Gasteiger partial charge < -0.3 is 19.7 Å². The molecule has 25 heavy (non-hydrogen) atoms. The van der Waals surface area contributed by atoms with E-state index in [1.54, 1.807) is 4.90 Å². The van der Waals surface area contributed by atoms with Gasteiger partial charge in [-0.05, 0) is 18.9 Å². The first-order chi connectivity index (χ1) is 11.7. The maximum absolute atomic E-state index is 12.4. The van der Waals surface area contributed by atoms with Crippen LogP contribution in [0.4, 0.5) is 4.79 Å². The molecule has 0 bridgehead atoms. The van der Waals surface area contributed by atoms with Crippen LogP contribution in [0.3, 0.4) is 0 Å². The molecule has 7 heteroatoms. The fraction of sp³-hybridized carbons (Fsp3) is 0.556. The van der Waals surface area contributed by atoms with E-state index in [1.165, 1.54) is 0 Å². The number of likely N-dealkylation sites (tertiary alicyclic amines) is 1. The van der Waals surface area contributed by atoms with Gasteiger partial charge in [-0.3, -0.25) is 4.79 Å². The molecular formula is C18H25ClN2O4. The summed E-state index contributed by atoms with van der Waals surface area (Å²) in [6.07, 6.45) is 0.299. The molecule has 0 aromatic heterocycles. The Hall–Kier alpha value is -1.79. The zero-order valence-corrected chi connectivity index (χ0v) is 15.2. The zero-order chi connectivity index (χ0) is 17.0. The molecule has 0 saturated carbocycles. The Bertz CT molecular complexity index is 598. The molecule has 1 N–H and O–H groups in total. The second kappa shape index (κ2) is 8.54. The highest BCUT2D eigenvalue weighted by Crippen LogP contribution is 2.40. The molecule has 2 fully saturated rings. The molecule has 2 atom stereocenters. The Morgan fingerprint density at radius 3 is 2.76 bits per heavy atom. The van der Waals surface area contributed by atoms with Crippen molar-refractivity contribution < 1.29 is 19.1 Å². The van der Waals surface area contributed by atoms with Crippen LogP contribution in [0.5, 0.6) is 0 Å². The number of benzene rings is 1. The number of ether oxygens (including phenoxy) is 2. The van der Waals surface area contributed by atoms with E-state index >= 15 is 0 Å². The maximum atomic E-state index is 12.4. The summed E-state index contributed by atoms with van der Waals surface area (Å²) in [5.41, 5.74) is 0.470. The quantitative estimate of drug-likeness (QED) is 0.825. The minimum Gasteiger partial charge on any atom is -0.466 e. The van der Waals surface area contributed by atoms with Gasteiger partial charge in [-0.25, -0.2) is 4.79 Å². The van der Waals surface area contributed by atoms with E-state index in [2.05, 4.69) is 5.32 Å². The molecule has 3 rings (SSSR count). The van der Waals surface area contributed by atoms with Gasteiger partial charge >= 0.3 is 12.1 Å². The lowest BCUT2D eigenvalue weighted by molar-refractivity contribution is -0.159. The van der Waals surface area contributed by atoms with Crippen molar-refractivity contribution in [3.8, 4) is 0 Å². The molecule has 0 spiro atoms. The van der Waals surface area contributed by atoms with Crippen LogP contribution < -0.4 is 5.32 Å². The SMILES string of the molecule is CCOC(=O)[C@@]12CCN(C(=O)OCc3ccccc3)C[C@@H]1CNC2.Cl. The molecule has 0 unspecified atom stereocenters. The fourth-order valence-corrected chi connectivity index (χ4v) is 3.62. The number of carbonyl (C=O) groups excluding carboxylic acids is 2. The topological polar surface area (TPSA) is 67.9 Å². The average Bonchev–Trinajstić information content (AvgIpc) is 3.05. The van der Waals surface area contributed by atoms with Gasteiger partial charge in [0.25, 0.3) is 0 Å². The molecule has 138 valence electrons. The van der Waals surface area contributed by atoms with Gasteiger partial charge in [-0.2, -0.15) is 0 Å². The second-order valence-corrected chi connectivity index (χ2v) is 6.44. The number of nitrogens with zero attached hydrogens (tertiary/aromatic N) is 1. The number of nitrogens with one attached hydrogen (secondary N) is 1. The first-order valence-corrected chi connectivity index (χ1v) is 8.49. The lowest BCUT2D eigenvalue weighted by atomic mass is 9.72. The van der Waals surface area contributed by atoms with Gasteiger partial charge in [0.1, 0.15) is 6.61 Å². The second-order valence-electron chi connectivity index (χ2n) is 6.44. The molecule has 1 aromatic carbocycles. The third kappa shape index (κ3) is 4.07. The fourth-order valence-electron chi connectivity index (χ4n) is 3.62. The largest absolute Gasteiger partial charge is 0.466 e. The van der Waals surface area contributed by atoms with Gasteiger partial charge in [0.2, 0.25) is 0 Å². The molecule has 2 aliphatic heterocycles. The minimum atomic E-state index is -0.494. The number of fused-ring (bicyclic) bond motifs is 1. The summed E-state index contributed by atoms with van der Waals surface area (Å²) in [4.78, 5) is 26.4. The zero-order valence-electron chi connectivity index (χ0n) is 14.4.